The van der Waals surface area contributed by atoms with Gasteiger partial charge in [-0.1, -0.05) is 22.0 Å². The van der Waals surface area contributed by atoms with Crippen molar-refractivity contribution >= 4 is 27.4 Å². The summed E-state index contributed by atoms with van der Waals surface area (Å²) in [4.78, 5) is 21.9. The molecule has 1 aromatic rings. The number of aryl methyl sites for hydroxylation is 1. The molecule has 5 nitrogen and oxygen atoms in total. The van der Waals surface area contributed by atoms with Crippen molar-refractivity contribution in [1.29, 1.82) is 0 Å². The van der Waals surface area contributed by atoms with E-state index in [4.69, 9.17) is 4.74 Å². The van der Waals surface area contributed by atoms with Gasteiger partial charge in [-0.15, -0.1) is 0 Å². The van der Waals surface area contributed by atoms with Gasteiger partial charge >= 0.3 is 5.69 Å². The van der Waals surface area contributed by atoms with E-state index in [2.05, 4.69) is 15.9 Å². The number of benzene rings is 1. The van der Waals surface area contributed by atoms with Gasteiger partial charge in [0.05, 0.1) is 12.0 Å². The minimum atomic E-state index is -0.477. The molecule has 0 amide bonds. The summed E-state index contributed by atoms with van der Waals surface area (Å²) in [6, 6.07) is 4.79. The number of ketones is 1. The number of nitrogens with zero attached hydrogens (tertiary/aromatic N) is 1. The van der Waals surface area contributed by atoms with Crippen molar-refractivity contribution < 1.29 is 14.5 Å². The first-order chi connectivity index (χ1) is 9.08. The molecule has 1 rings (SSSR count). The first kappa shape index (κ1) is 15.6. The molecule has 0 spiro atoms. The van der Waals surface area contributed by atoms with Crippen LogP contribution in [-0.2, 0) is 11.2 Å². The van der Waals surface area contributed by atoms with Crippen LogP contribution in [0.3, 0.4) is 0 Å². The molecule has 19 heavy (non-hydrogen) atoms. The third-order valence-electron chi connectivity index (χ3n) is 2.72. The summed E-state index contributed by atoms with van der Waals surface area (Å²) in [5.74, 6) is 0.414. The molecule has 0 atom stereocenters. The Kier molecular flexibility index (Phi) is 6.49. The van der Waals surface area contributed by atoms with E-state index < -0.39 is 4.92 Å². The molecule has 0 aliphatic heterocycles. The minimum absolute atomic E-state index is 0.0621. The van der Waals surface area contributed by atoms with Crippen molar-refractivity contribution in [1.82, 2.24) is 0 Å². The van der Waals surface area contributed by atoms with E-state index >= 15 is 0 Å². The number of rotatable bonds is 8. The Hall–Kier alpha value is -1.43. The summed E-state index contributed by atoms with van der Waals surface area (Å²) in [5.41, 5.74) is 0.715. The monoisotopic (exact) mass is 329 g/mol. The Labute approximate surface area is 120 Å². The fourth-order valence-corrected chi connectivity index (χ4v) is 1.99. The van der Waals surface area contributed by atoms with E-state index in [1.54, 1.807) is 12.1 Å². The molecule has 0 saturated heterocycles. The van der Waals surface area contributed by atoms with Gasteiger partial charge in [0.25, 0.3) is 0 Å². The van der Waals surface area contributed by atoms with E-state index in [1.165, 1.54) is 13.2 Å². The smallest absolute Gasteiger partial charge is 0.311 e. The predicted octanol–water partition coefficient (Wildman–Crippen LogP) is 3.28. The normalized spacial score (nSPS) is 10.2. The van der Waals surface area contributed by atoms with E-state index in [9.17, 15) is 14.9 Å². The average Bonchev–Trinajstić information content (AvgIpc) is 2.42. The zero-order chi connectivity index (χ0) is 14.3. The first-order valence-electron chi connectivity index (χ1n) is 5.97. The quantitative estimate of drug-likeness (QED) is 0.417. The number of halogens is 1. The summed E-state index contributed by atoms with van der Waals surface area (Å²) in [6.45, 7) is 0. The van der Waals surface area contributed by atoms with E-state index in [1.807, 2.05) is 0 Å². The van der Waals surface area contributed by atoms with Crippen LogP contribution in [0.1, 0.15) is 24.8 Å². The van der Waals surface area contributed by atoms with Gasteiger partial charge in [0.2, 0.25) is 0 Å². The largest absolute Gasteiger partial charge is 0.490 e. The fourth-order valence-electron chi connectivity index (χ4n) is 1.71. The Morgan fingerprint density at radius 1 is 1.42 bits per heavy atom. The molecule has 104 valence electrons. The van der Waals surface area contributed by atoms with Crippen molar-refractivity contribution in [3.05, 3.63) is 33.9 Å². The molecule has 0 fully saturated rings. The summed E-state index contributed by atoms with van der Waals surface area (Å²) in [7, 11) is 1.39. The number of alkyl halides is 1. The van der Waals surface area contributed by atoms with Gasteiger partial charge < -0.3 is 4.74 Å². The molecular formula is C13H16BrNO4. The van der Waals surface area contributed by atoms with Gasteiger partial charge in [-0.2, -0.15) is 0 Å². The van der Waals surface area contributed by atoms with Crippen LogP contribution < -0.4 is 4.74 Å². The van der Waals surface area contributed by atoms with Crippen LogP contribution in [0.4, 0.5) is 5.69 Å². The lowest BCUT2D eigenvalue weighted by Gasteiger charge is -2.05. The van der Waals surface area contributed by atoms with Crippen LogP contribution in [-0.4, -0.2) is 23.1 Å². The average molecular weight is 330 g/mol. The SMILES string of the molecule is COc1ccc(CCC(=O)CCCBr)cc1[N+](=O)[O-]. The van der Waals surface area contributed by atoms with E-state index in [-0.39, 0.29) is 17.2 Å². The second kappa shape index (κ2) is 7.89. The van der Waals surface area contributed by atoms with Crippen molar-refractivity contribution in [2.24, 2.45) is 0 Å². The molecule has 0 aromatic heterocycles. The number of methoxy groups -OCH3 is 1. The lowest BCUT2D eigenvalue weighted by Crippen LogP contribution is -2.01. The van der Waals surface area contributed by atoms with Crippen LogP contribution in [0.5, 0.6) is 5.75 Å². The van der Waals surface area contributed by atoms with Crippen molar-refractivity contribution in [2.75, 3.05) is 12.4 Å². The number of carbonyl (C=O) groups is 1. The third-order valence-corrected chi connectivity index (χ3v) is 3.28. The lowest BCUT2D eigenvalue weighted by molar-refractivity contribution is -0.385. The van der Waals surface area contributed by atoms with Gasteiger partial charge in [0, 0.05) is 24.2 Å². The molecule has 0 unspecified atom stereocenters. The molecule has 0 saturated carbocycles. The van der Waals surface area contributed by atoms with Gasteiger partial charge in [-0.25, -0.2) is 0 Å². The highest BCUT2D eigenvalue weighted by molar-refractivity contribution is 9.09. The highest BCUT2D eigenvalue weighted by Crippen LogP contribution is 2.27. The van der Waals surface area contributed by atoms with Gasteiger partial charge in [0.15, 0.2) is 5.75 Å². The van der Waals surface area contributed by atoms with Crippen LogP contribution in [0.2, 0.25) is 0 Å². The standard InChI is InChI=1S/C13H16BrNO4/c1-19-13-7-5-10(9-12(13)15(17)18)4-6-11(16)3-2-8-14/h5,7,9H,2-4,6,8H2,1H3. The number of nitro groups is 1. The van der Waals surface area contributed by atoms with Crippen LogP contribution in [0.25, 0.3) is 0 Å². The highest BCUT2D eigenvalue weighted by Gasteiger charge is 2.15. The summed E-state index contributed by atoms with van der Waals surface area (Å²) in [6.07, 6.45) is 2.30. The Bertz CT molecular complexity index is 462. The van der Waals surface area contributed by atoms with Crippen LogP contribution >= 0.6 is 15.9 Å². The molecular weight excluding hydrogens is 314 g/mol. The zero-order valence-electron chi connectivity index (χ0n) is 10.7. The lowest BCUT2D eigenvalue weighted by atomic mass is 10.0. The molecule has 0 aliphatic carbocycles. The second-order valence-electron chi connectivity index (χ2n) is 4.09. The van der Waals surface area contributed by atoms with E-state index in [0.717, 1.165) is 17.3 Å². The Morgan fingerprint density at radius 2 is 2.16 bits per heavy atom. The van der Waals surface area contributed by atoms with Crippen molar-refractivity contribution in [3.63, 3.8) is 0 Å². The molecule has 0 bridgehead atoms. The van der Waals surface area contributed by atoms with Crippen molar-refractivity contribution in [3.8, 4) is 5.75 Å². The molecule has 0 radical (unpaired) electrons. The summed E-state index contributed by atoms with van der Waals surface area (Å²) in [5, 5.41) is 11.7. The van der Waals surface area contributed by atoms with Gasteiger partial charge in [-0.05, 0) is 24.5 Å². The van der Waals surface area contributed by atoms with Crippen LogP contribution in [0.15, 0.2) is 18.2 Å². The summed E-state index contributed by atoms with van der Waals surface area (Å²) < 4.78 is 4.93. The fraction of sp³-hybridized carbons (Fsp3) is 0.462. The maximum atomic E-state index is 11.5. The van der Waals surface area contributed by atoms with Crippen LogP contribution in [0, 0.1) is 10.1 Å². The summed E-state index contributed by atoms with van der Waals surface area (Å²) >= 11 is 3.27. The molecule has 6 heteroatoms. The Morgan fingerprint density at radius 3 is 2.74 bits per heavy atom. The highest BCUT2D eigenvalue weighted by atomic mass is 79.9. The number of ether oxygens (including phenoxy) is 1. The molecule has 1 aromatic carbocycles. The second-order valence-corrected chi connectivity index (χ2v) is 4.89. The molecule has 0 aliphatic rings. The number of hydrogen-bond acceptors (Lipinski definition) is 4. The number of hydrogen-bond donors (Lipinski definition) is 0. The minimum Gasteiger partial charge on any atom is -0.490 e. The van der Waals surface area contributed by atoms with Gasteiger partial charge in [-0.3, -0.25) is 14.9 Å². The zero-order valence-corrected chi connectivity index (χ0v) is 12.3. The van der Waals surface area contributed by atoms with Gasteiger partial charge in [0.1, 0.15) is 5.78 Å². The topological polar surface area (TPSA) is 69.4 Å². The number of carbonyl (C=O) groups excluding carboxylic acids is 1. The predicted molar refractivity (Wildman–Crippen MR) is 76.0 cm³/mol. The van der Waals surface area contributed by atoms with Crippen molar-refractivity contribution in [2.45, 2.75) is 25.7 Å². The first-order valence-corrected chi connectivity index (χ1v) is 7.09. The van der Waals surface area contributed by atoms with E-state index in [0.29, 0.717) is 19.3 Å². The maximum Gasteiger partial charge on any atom is 0.311 e. The number of nitro benzene ring substituents is 1. The maximum absolute atomic E-state index is 11.5. The Balaban J connectivity index is 2.67. The molecule has 0 heterocycles. The number of Topliss-reactive ketones (excluding diaryl/α,β-unsaturated/α-hetero) is 1. The third kappa shape index (κ3) is 4.98. The molecule has 0 N–H and O–H groups in total.